The highest BCUT2D eigenvalue weighted by Gasteiger charge is 2.54. The molecule has 1 fully saturated rings. The molecular formula is C24H22ClN5O. The van der Waals surface area contributed by atoms with E-state index in [9.17, 15) is 5.11 Å². The van der Waals surface area contributed by atoms with Crippen molar-refractivity contribution in [3.05, 3.63) is 59.4 Å². The molecule has 0 saturated heterocycles. The number of aliphatic hydroxyl groups is 1. The Morgan fingerprint density at radius 1 is 1.29 bits per heavy atom. The van der Waals surface area contributed by atoms with Gasteiger partial charge in [0.05, 0.1) is 5.52 Å². The zero-order valence-electron chi connectivity index (χ0n) is 17.4. The number of benzene rings is 2. The lowest BCUT2D eigenvalue weighted by Crippen LogP contribution is -2.38. The summed E-state index contributed by atoms with van der Waals surface area (Å²) >= 11 is 6.24. The van der Waals surface area contributed by atoms with Crippen LogP contribution in [-0.2, 0) is 6.42 Å². The normalized spacial score (nSPS) is 16.7. The minimum Gasteiger partial charge on any atom is -0.377 e. The van der Waals surface area contributed by atoms with Crippen LogP contribution in [0.3, 0.4) is 0 Å². The predicted molar refractivity (Wildman–Crippen MR) is 123 cm³/mol. The number of rotatable bonds is 5. The van der Waals surface area contributed by atoms with E-state index in [0.717, 1.165) is 40.8 Å². The van der Waals surface area contributed by atoms with Crippen LogP contribution < -0.4 is 4.90 Å². The van der Waals surface area contributed by atoms with Gasteiger partial charge in [-0.3, -0.25) is 4.40 Å². The van der Waals surface area contributed by atoms with Crippen LogP contribution in [0.5, 0.6) is 0 Å². The summed E-state index contributed by atoms with van der Waals surface area (Å²) in [5, 5.41) is 20.8. The van der Waals surface area contributed by atoms with E-state index in [4.69, 9.17) is 23.0 Å². The molecule has 4 aromatic rings. The second-order valence-electron chi connectivity index (χ2n) is 8.57. The van der Waals surface area contributed by atoms with Crippen molar-refractivity contribution in [3.63, 3.8) is 0 Å². The van der Waals surface area contributed by atoms with Gasteiger partial charge in [0.2, 0.25) is 0 Å². The van der Waals surface area contributed by atoms with Gasteiger partial charge in [-0.05, 0) is 48.7 Å². The lowest BCUT2D eigenvalue weighted by molar-refractivity contribution is 0.0321. The number of aromatic nitrogens is 4. The molecule has 0 radical (unpaired) electrons. The van der Waals surface area contributed by atoms with Gasteiger partial charge >= 0.3 is 0 Å². The lowest BCUT2D eigenvalue weighted by atomic mass is 9.81. The van der Waals surface area contributed by atoms with Gasteiger partial charge in [0, 0.05) is 35.0 Å². The van der Waals surface area contributed by atoms with Crippen molar-refractivity contribution in [2.24, 2.45) is 5.41 Å². The van der Waals surface area contributed by atoms with Crippen LogP contribution >= 0.6 is 11.6 Å². The van der Waals surface area contributed by atoms with Gasteiger partial charge in [0.15, 0.2) is 0 Å². The number of terminal acetylenes is 1. The number of fused-ring (bicyclic) bond motifs is 3. The monoisotopic (exact) mass is 431 g/mol. The smallest absolute Gasteiger partial charge is 0.257 e. The van der Waals surface area contributed by atoms with Crippen LogP contribution in [0.2, 0.25) is 5.02 Å². The molecule has 0 spiro atoms. The highest BCUT2D eigenvalue weighted by Crippen LogP contribution is 2.54. The summed E-state index contributed by atoms with van der Waals surface area (Å²) in [6.07, 6.45) is 9.68. The quantitative estimate of drug-likeness (QED) is 0.474. The fourth-order valence-electron chi connectivity index (χ4n) is 4.11. The molecule has 5 rings (SSSR count). The summed E-state index contributed by atoms with van der Waals surface area (Å²) in [5.41, 5.74) is 1.44. The zero-order chi connectivity index (χ0) is 21.8. The largest absolute Gasteiger partial charge is 0.377 e. The van der Waals surface area contributed by atoms with Crippen LogP contribution in [0.1, 0.15) is 25.3 Å². The Hall–Kier alpha value is -3.14. The van der Waals surface area contributed by atoms with E-state index in [2.05, 4.69) is 23.0 Å². The van der Waals surface area contributed by atoms with Crippen molar-refractivity contribution in [1.82, 2.24) is 19.6 Å². The van der Waals surface area contributed by atoms with Crippen molar-refractivity contribution in [2.45, 2.75) is 31.8 Å². The molecule has 0 amide bonds. The molecule has 7 heteroatoms. The van der Waals surface area contributed by atoms with E-state index in [-0.39, 0.29) is 5.41 Å². The average molecular weight is 432 g/mol. The average Bonchev–Trinajstić information content (AvgIpc) is 3.35. The molecule has 6 nitrogen and oxygen atoms in total. The number of hydrogen-bond donors (Lipinski definition) is 1. The summed E-state index contributed by atoms with van der Waals surface area (Å²) in [6, 6.07) is 13.7. The molecule has 0 bridgehead atoms. The molecule has 2 heterocycles. The van der Waals surface area contributed by atoms with Crippen molar-refractivity contribution < 1.29 is 5.11 Å². The van der Waals surface area contributed by atoms with E-state index < -0.39 is 5.60 Å². The van der Waals surface area contributed by atoms with Crippen LogP contribution in [0.15, 0.2) is 48.8 Å². The standard InChI is InChI=1S/C24H22ClN5O/c1-4-24(31,23(2)10-11-23)14-16-6-5-7-18(12-16)29(3)21-19-9-8-17(25)13-20(19)30-15-26-28-22(30)27-21/h1,5-9,12-13,15,31H,10-11,14H2,2-3H3. The Kier molecular flexibility index (Phi) is 4.44. The molecule has 0 aliphatic heterocycles. The number of anilines is 2. The first-order valence-corrected chi connectivity index (χ1v) is 10.5. The Morgan fingerprint density at radius 2 is 2.10 bits per heavy atom. The van der Waals surface area contributed by atoms with Gasteiger partial charge in [-0.15, -0.1) is 16.6 Å². The summed E-state index contributed by atoms with van der Waals surface area (Å²) in [4.78, 5) is 6.73. The van der Waals surface area contributed by atoms with E-state index in [0.29, 0.717) is 17.2 Å². The highest BCUT2D eigenvalue weighted by atomic mass is 35.5. The molecule has 1 saturated carbocycles. The minimum absolute atomic E-state index is 0.209. The van der Waals surface area contributed by atoms with Crippen LogP contribution in [-0.4, -0.2) is 37.3 Å². The second-order valence-corrected chi connectivity index (χ2v) is 9.01. The molecule has 1 aliphatic rings. The fourth-order valence-corrected chi connectivity index (χ4v) is 4.28. The molecule has 2 aromatic carbocycles. The van der Waals surface area contributed by atoms with Gasteiger partial charge in [-0.25, -0.2) is 0 Å². The summed E-state index contributed by atoms with van der Waals surface area (Å²) in [5.74, 6) is 3.89. The van der Waals surface area contributed by atoms with Crippen LogP contribution in [0, 0.1) is 17.8 Å². The minimum atomic E-state index is -1.15. The maximum Gasteiger partial charge on any atom is 0.257 e. The third kappa shape index (κ3) is 3.21. The molecule has 1 atom stereocenters. The molecule has 31 heavy (non-hydrogen) atoms. The SMILES string of the molecule is C#CC(O)(Cc1cccc(N(C)c2nc3nncn3c3cc(Cl)ccc23)c1)C1(C)CC1. The van der Waals surface area contributed by atoms with E-state index >= 15 is 0 Å². The molecular weight excluding hydrogens is 410 g/mol. The Labute approximate surface area is 185 Å². The number of hydrogen-bond acceptors (Lipinski definition) is 5. The van der Waals surface area contributed by atoms with Gasteiger partial charge in [-0.1, -0.05) is 36.6 Å². The van der Waals surface area contributed by atoms with Crippen LogP contribution in [0.25, 0.3) is 16.7 Å². The van der Waals surface area contributed by atoms with E-state index in [1.165, 1.54) is 0 Å². The Balaban J connectivity index is 1.56. The summed E-state index contributed by atoms with van der Waals surface area (Å²) in [6.45, 7) is 2.05. The molecule has 1 aliphatic carbocycles. The van der Waals surface area contributed by atoms with Crippen LogP contribution in [0.4, 0.5) is 11.5 Å². The summed E-state index contributed by atoms with van der Waals surface area (Å²) in [7, 11) is 1.96. The first kappa shape index (κ1) is 19.8. The lowest BCUT2D eigenvalue weighted by Gasteiger charge is -2.30. The summed E-state index contributed by atoms with van der Waals surface area (Å²) < 4.78 is 1.82. The molecule has 2 aromatic heterocycles. The Bertz CT molecular complexity index is 1350. The van der Waals surface area contributed by atoms with Gasteiger partial charge in [0.1, 0.15) is 17.7 Å². The third-order valence-electron chi connectivity index (χ3n) is 6.51. The molecule has 1 unspecified atom stereocenters. The van der Waals surface area contributed by atoms with Crippen molar-refractivity contribution in [1.29, 1.82) is 0 Å². The van der Waals surface area contributed by atoms with Gasteiger partial charge < -0.3 is 10.0 Å². The Morgan fingerprint density at radius 3 is 2.84 bits per heavy atom. The first-order chi connectivity index (χ1) is 14.8. The fraction of sp³-hybridized carbons (Fsp3) is 0.292. The second kappa shape index (κ2) is 6.94. The third-order valence-corrected chi connectivity index (χ3v) is 6.74. The topological polar surface area (TPSA) is 66.5 Å². The van der Waals surface area contributed by atoms with Crippen molar-refractivity contribution in [3.8, 4) is 12.3 Å². The first-order valence-electron chi connectivity index (χ1n) is 10.2. The predicted octanol–water partition coefficient (Wildman–Crippen LogP) is 4.41. The van der Waals surface area contributed by atoms with Gasteiger partial charge in [0.25, 0.3) is 5.78 Å². The maximum atomic E-state index is 11.1. The van der Waals surface area contributed by atoms with Crippen molar-refractivity contribution in [2.75, 3.05) is 11.9 Å². The zero-order valence-corrected chi connectivity index (χ0v) is 18.1. The maximum absolute atomic E-state index is 11.1. The number of halogens is 1. The van der Waals surface area contributed by atoms with Crippen molar-refractivity contribution >= 4 is 39.8 Å². The highest BCUT2D eigenvalue weighted by molar-refractivity contribution is 6.31. The van der Waals surface area contributed by atoms with Gasteiger partial charge in [-0.2, -0.15) is 4.98 Å². The molecule has 1 N–H and O–H groups in total. The molecule has 156 valence electrons. The van der Waals surface area contributed by atoms with E-state index in [1.807, 2.05) is 58.8 Å². The van der Waals surface area contributed by atoms with E-state index in [1.54, 1.807) is 6.33 Å². The number of nitrogens with zero attached hydrogens (tertiary/aromatic N) is 5.